The fourth-order valence-corrected chi connectivity index (χ4v) is 3.59. The molecule has 1 heterocycles. The topological polar surface area (TPSA) is 104 Å². The van der Waals surface area contributed by atoms with Crippen LogP contribution in [0.1, 0.15) is 27.0 Å². The minimum absolute atomic E-state index is 0.118. The van der Waals surface area contributed by atoms with Gasteiger partial charge in [-0.05, 0) is 43.2 Å². The van der Waals surface area contributed by atoms with Crippen LogP contribution in [0.4, 0.5) is 5.69 Å². The molecule has 0 fully saturated rings. The maximum Gasteiger partial charge on any atom is 0.274 e. The van der Waals surface area contributed by atoms with Crippen molar-refractivity contribution in [2.45, 2.75) is 24.8 Å². The number of benzene rings is 2. The van der Waals surface area contributed by atoms with Gasteiger partial charge in [0.2, 0.25) is 5.91 Å². The first-order valence-corrected chi connectivity index (χ1v) is 9.16. The Morgan fingerprint density at radius 1 is 1.22 bits per heavy atom. The highest BCUT2D eigenvalue weighted by Gasteiger charge is 2.17. The van der Waals surface area contributed by atoms with Crippen LogP contribution in [0.15, 0.2) is 53.9 Å². The van der Waals surface area contributed by atoms with Gasteiger partial charge in [-0.3, -0.25) is 19.5 Å². The number of nitrogens with zero attached hydrogens (tertiary/aromatic N) is 3. The van der Waals surface area contributed by atoms with Gasteiger partial charge in [-0.15, -0.1) is 0 Å². The second-order valence-electron chi connectivity index (χ2n) is 6.10. The number of carbonyl (C=O) groups is 1. The molecular weight excluding hydrogens is 364 g/mol. The molecule has 0 aliphatic rings. The molecule has 8 heteroatoms. The van der Waals surface area contributed by atoms with Crippen molar-refractivity contribution in [1.82, 2.24) is 9.55 Å². The number of nitro benzene ring substituents is 1. The van der Waals surface area contributed by atoms with E-state index in [1.54, 1.807) is 12.3 Å². The number of thioether (sulfide) groups is 1. The molecule has 0 spiro atoms. The van der Waals surface area contributed by atoms with Gasteiger partial charge < -0.3 is 5.73 Å². The zero-order chi connectivity index (χ0) is 19.6. The summed E-state index contributed by atoms with van der Waals surface area (Å²) < 4.78 is 1.95. The van der Waals surface area contributed by atoms with Crippen molar-refractivity contribution in [1.29, 1.82) is 0 Å². The van der Waals surface area contributed by atoms with E-state index in [0.29, 0.717) is 11.3 Å². The Labute approximate surface area is 160 Å². The van der Waals surface area contributed by atoms with Gasteiger partial charge >= 0.3 is 0 Å². The number of primary amides is 1. The zero-order valence-corrected chi connectivity index (χ0v) is 15.7. The number of aryl methyl sites for hydroxylation is 2. The van der Waals surface area contributed by atoms with Crippen LogP contribution in [0.3, 0.4) is 0 Å². The third-order valence-corrected chi connectivity index (χ3v) is 5.31. The summed E-state index contributed by atoms with van der Waals surface area (Å²) in [6.07, 6.45) is 3.55. The summed E-state index contributed by atoms with van der Waals surface area (Å²) in [7, 11) is 0. The molecule has 0 aliphatic carbocycles. The zero-order valence-electron chi connectivity index (χ0n) is 14.9. The summed E-state index contributed by atoms with van der Waals surface area (Å²) >= 11 is 1.39. The summed E-state index contributed by atoms with van der Waals surface area (Å²) in [5.41, 5.74) is 9.08. The molecule has 7 nitrogen and oxygen atoms in total. The van der Waals surface area contributed by atoms with E-state index in [9.17, 15) is 14.9 Å². The predicted molar refractivity (Wildman–Crippen MR) is 104 cm³/mol. The molecule has 1 amide bonds. The number of imidazole rings is 1. The number of nitro groups is 1. The highest BCUT2D eigenvalue weighted by Crippen LogP contribution is 2.29. The third-order valence-electron chi connectivity index (χ3n) is 4.30. The minimum Gasteiger partial charge on any atom is -0.366 e. The van der Waals surface area contributed by atoms with Crippen molar-refractivity contribution in [2.24, 2.45) is 5.73 Å². The van der Waals surface area contributed by atoms with Crippen molar-refractivity contribution >= 4 is 23.4 Å². The molecule has 3 aromatic rings. The molecule has 3 rings (SSSR count). The number of aromatic nitrogens is 2. The van der Waals surface area contributed by atoms with E-state index in [1.807, 2.05) is 29.8 Å². The third kappa shape index (κ3) is 4.01. The largest absolute Gasteiger partial charge is 0.366 e. The van der Waals surface area contributed by atoms with Gasteiger partial charge in [0, 0.05) is 41.0 Å². The van der Waals surface area contributed by atoms with Crippen molar-refractivity contribution in [3.05, 3.63) is 81.2 Å². The molecule has 0 aliphatic heterocycles. The van der Waals surface area contributed by atoms with E-state index < -0.39 is 10.8 Å². The molecular formula is C19H18N4O3S. The highest BCUT2D eigenvalue weighted by molar-refractivity contribution is 7.98. The molecule has 0 saturated carbocycles. The van der Waals surface area contributed by atoms with Gasteiger partial charge in [-0.1, -0.05) is 23.9 Å². The van der Waals surface area contributed by atoms with Gasteiger partial charge in [0.15, 0.2) is 5.16 Å². The summed E-state index contributed by atoms with van der Waals surface area (Å²) in [6, 6.07) is 10.4. The number of nitrogens with two attached hydrogens (primary N) is 1. The fraction of sp³-hybridized carbons (Fsp3) is 0.158. The normalized spacial score (nSPS) is 10.7. The van der Waals surface area contributed by atoms with Crippen LogP contribution in [-0.4, -0.2) is 20.4 Å². The van der Waals surface area contributed by atoms with E-state index in [1.165, 1.54) is 35.0 Å². The first-order chi connectivity index (χ1) is 12.9. The number of amides is 1. The van der Waals surface area contributed by atoms with Crippen LogP contribution in [0, 0.1) is 24.0 Å². The van der Waals surface area contributed by atoms with Crippen molar-refractivity contribution in [2.75, 3.05) is 0 Å². The van der Waals surface area contributed by atoms with E-state index in [2.05, 4.69) is 18.0 Å². The Hall–Kier alpha value is -3.13. The molecule has 138 valence electrons. The molecule has 0 atom stereocenters. The Morgan fingerprint density at radius 2 is 2.00 bits per heavy atom. The number of hydrogen-bond donors (Lipinski definition) is 1. The Kier molecular flexibility index (Phi) is 5.27. The molecule has 0 radical (unpaired) electrons. The quantitative estimate of drug-likeness (QED) is 0.397. The van der Waals surface area contributed by atoms with Crippen molar-refractivity contribution in [3.8, 4) is 5.69 Å². The summed E-state index contributed by atoms with van der Waals surface area (Å²) in [6.45, 7) is 4.10. The lowest BCUT2D eigenvalue weighted by Gasteiger charge is -2.10. The average molecular weight is 382 g/mol. The van der Waals surface area contributed by atoms with Crippen LogP contribution in [0.25, 0.3) is 5.69 Å². The Balaban J connectivity index is 1.86. The van der Waals surface area contributed by atoms with Crippen LogP contribution in [0.2, 0.25) is 0 Å². The minimum atomic E-state index is -0.692. The second kappa shape index (κ2) is 7.63. The van der Waals surface area contributed by atoms with Crippen molar-refractivity contribution in [3.63, 3.8) is 0 Å². The number of hydrogen-bond acceptors (Lipinski definition) is 5. The number of rotatable bonds is 6. The van der Waals surface area contributed by atoms with Crippen LogP contribution in [0.5, 0.6) is 0 Å². The van der Waals surface area contributed by atoms with E-state index in [4.69, 9.17) is 5.73 Å². The van der Waals surface area contributed by atoms with E-state index in [-0.39, 0.29) is 11.3 Å². The molecule has 27 heavy (non-hydrogen) atoms. The first kappa shape index (κ1) is 18.7. The molecule has 0 saturated heterocycles. The van der Waals surface area contributed by atoms with Crippen LogP contribution in [-0.2, 0) is 5.75 Å². The first-order valence-electron chi connectivity index (χ1n) is 8.17. The van der Waals surface area contributed by atoms with Gasteiger partial charge in [-0.25, -0.2) is 4.98 Å². The Bertz CT molecular complexity index is 1030. The molecule has 0 bridgehead atoms. The van der Waals surface area contributed by atoms with E-state index >= 15 is 0 Å². The van der Waals surface area contributed by atoms with Gasteiger partial charge in [0.25, 0.3) is 5.69 Å². The summed E-state index contributed by atoms with van der Waals surface area (Å²) in [5, 5.41) is 12.1. The second-order valence-corrected chi connectivity index (χ2v) is 7.04. The summed E-state index contributed by atoms with van der Waals surface area (Å²) in [5.74, 6) is -0.348. The van der Waals surface area contributed by atoms with Crippen LogP contribution >= 0.6 is 11.8 Å². The van der Waals surface area contributed by atoms with Gasteiger partial charge in [-0.2, -0.15) is 0 Å². The maximum atomic E-state index is 11.3. The average Bonchev–Trinajstić information content (AvgIpc) is 3.10. The van der Waals surface area contributed by atoms with Gasteiger partial charge in [0.1, 0.15) is 0 Å². The molecule has 2 aromatic carbocycles. The smallest absolute Gasteiger partial charge is 0.274 e. The fourth-order valence-electron chi connectivity index (χ4n) is 2.62. The standard InChI is InChI=1S/C19H18N4O3S/c1-12-3-6-16(9-13(12)2)22-8-7-21-19(22)27-11-15-5-4-14(18(20)24)10-17(15)23(25)26/h3-10H,11H2,1-2H3,(H2,20,24). The lowest BCUT2D eigenvalue weighted by atomic mass is 10.1. The Morgan fingerprint density at radius 3 is 2.67 bits per heavy atom. The highest BCUT2D eigenvalue weighted by atomic mass is 32.2. The van der Waals surface area contributed by atoms with Crippen LogP contribution < -0.4 is 5.73 Å². The molecule has 2 N–H and O–H groups in total. The SMILES string of the molecule is Cc1ccc(-n2ccnc2SCc2ccc(C(N)=O)cc2[N+](=O)[O-])cc1C. The molecule has 1 aromatic heterocycles. The summed E-state index contributed by atoms with van der Waals surface area (Å²) in [4.78, 5) is 26.5. The maximum absolute atomic E-state index is 11.3. The number of carbonyl (C=O) groups excluding carboxylic acids is 1. The van der Waals surface area contributed by atoms with E-state index in [0.717, 1.165) is 10.8 Å². The lowest BCUT2D eigenvalue weighted by Crippen LogP contribution is -2.11. The van der Waals surface area contributed by atoms with Crippen molar-refractivity contribution < 1.29 is 9.72 Å². The predicted octanol–water partition coefficient (Wildman–Crippen LogP) is 3.79. The monoisotopic (exact) mass is 382 g/mol. The van der Waals surface area contributed by atoms with Gasteiger partial charge in [0.05, 0.1) is 4.92 Å². The molecule has 0 unspecified atom stereocenters. The lowest BCUT2D eigenvalue weighted by molar-refractivity contribution is -0.385.